The van der Waals surface area contributed by atoms with E-state index in [4.69, 9.17) is 0 Å². The maximum Gasteiger partial charge on any atom is -0.0380 e. The van der Waals surface area contributed by atoms with E-state index in [1.165, 1.54) is 25.7 Å². The normalized spacial score (nSPS) is 30.4. The van der Waals surface area contributed by atoms with Crippen LogP contribution in [0.2, 0.25) is 0 Å². The SMILES string of the molecule is CCC1CC1CC(C)C(C)CC(C)C. The summed E-state index contributed by atoms with van der Waals surface area (Å²) in [5.74, 6) is 4.91. The monoisotopic (exact) mass is 196 g/mol. The number of hydrogen-bond donors (Lipinski definition) is 0. The Labute approximate surface area is 90.5 Å². The van der Waals surface area contributed by atoms with E-state index >= 15 is 0 Å². The molecule has 1 rings (SSSR count). The molecule has 1 aliphatic carbocycles. The zero-order valence-corrected chi connectivity index (χ0v) is 10.7. The highest BCUT2D eigenvalue weighted by Gasteiger charge is 2.36. The molecule has 0 aromatic heterocycles. The van der Waals surface area contributed by atoms with E-state index in [1.807, 2.05) is 0 Å². The standard InChI is InChI=1S/C14H28/c1-6-13-9-14(13)8-12(5)11(4)7-10(2)3/h10-14H,6-9H2,1-5H3. The summed E-state index contributed by atoms with van der Waals surface area (Å²) in [6.07, 6.45) is 5.84. The van der Waals surface area contributed by atoms with Crippen LogP contribution in [0.3, 0.4) is 0 Å². The number of rotatable bonds is 6. The first-order chi connectivity index (χ1) is 6.54. The first kappa shape index (κ1) is 12.1. The Kier molecular flexibility index (Phi) is 4.47. The van der Waals surface area contributed by atoms with Crippen LogP contribution in [-0.2, 0) is 0 Å². The highest BCUT2D eigenvalue weighted by molar-refractivity contribution is 4.86. The Morgan fingerprint density at radius 1 is 1.00 bits per heavy atom. The van der Waals surface area contributed by atoms with Gasteiger partial charge in [0.05, 0.1) is 0 Å². The van der Waals surface area contributed by atoms with Crippen molar-refractivity contribution < 1.29 is 0 Å². The molecule has 0 saturated heterocycles. The summed E-state index contributed by atoms with van der Waals surface area (Å²) in [5, 5.41) is 0. The minimum Gasteiger partial charge on any atom is -0.0651 e. The highest BCUT2D eigenvalue weighted by atomic mass is 14.4. The van der Waals surface area contributed by atoms with Crippen LogP contribution in [0.1, 0.15) is 60.3 Å². The summed E-state index contributed by atoms with van der Waals surface area (Å²) in [5.41, 5.74) is 0. The topological polar surface area (TPSA) is 0 Å². The van der Waals surface area contributed by atoms with E-state index in [1.54, 1.807) is 0 Å². The zero-order chi connectivity index (χ0) is 10.7. The Hall–Kier alpha value is 0. The van der Waals surface area contributed by atoms with Gasteiger partial charge < -0.3 is 0 Å². The molecule has 0 spiro atoms. The molecule has 0 aromatic rings. The molecule has 0 aliphatic heterocycles. The van der Waals surface area contributed by atoms with Crippen LogP contribution in [0.4, 0.5) is 0 Å². The summed E-state index contributed by atoms with van der Waals surface area (Å²) in [6, 6.07) is 0. The van der Waals surface area contributed by atoms with Gasteiger partial charge in [0.2, 0.25) is 0 Å². The molecule has 0 bridgehead atoms. The van der Waals surface area contributed by atoms with E-state index in [-0.39, 0.29) is 0 Å². The summed E-state index contributed by atoms with van der Waals surface area (Å²) < 4.78 is 0. The third-order valence-corrected chi connectivity index (χ3v) is 4.08. The predicted octanol–water partition coefficient (Wildman–Crippen LogP) is 4.74. The van der Waals surface area contributed by atoms with E-state index in [0.29, 0.717) is 0 Å². The molecule has 84 valence electrons. The van der Waals surface area contributed by atoms with Crippen molar-refractivity contribution in [3.05, 3.63) is 0 Å². The van der Waals surface area contributed by atoms with Crippen molar-refractivity contribution in [1.29, 1.82) is 0 Å². The van der Waals surface area contributed by atoms with Crippen molar-refractivity contribution in [2.75, 3.05) is 0 Å². The van der Waals surface area contributed by atoms with Crippen LogP contribution in [0.5, 0.6) is 0 Å². The van der Waals surface area contributed by atoms with Gasteiger partial charge in [-0.05, 0) is 48.9 Å². The Morgan fingerprint density at radius 2 is 1.64 bits per heavy atom. The van der Waals surface area contributed by atoms with E-state index in [9.17, 15) is 0 Å². The Balaban J connectivity index is 2.18. The van der Waals surface area contributed by atoms with Crippen LogP contribution >= 0.6 is 0 Å². The fourth-order valence-electron chi connectivity index (χ4n) is 2.78. The smallest absolute Gasteiger partial charge is 0.0380 e. The second-order valence-corrected chi connectivity index (χ2v) is 5.98. The zero-order valence-electron chi connectivity index (χ0n) is 10.7. The molecular weight excluding hydrogens is 168 g/mol. The largest absolute Gasteiger partial charge is 0.0651 e. The summed E-state index contributed by atoms with van der Waals surface area (Å²) >= 11 is 0. The molecule has 1 fully saturated rings. The molecule has 0 aromatic carbocycles. The van der Waals surface area contributed by atoms with E-state index in [0.717, 1.165) is 29.6 Å². The summed E-state index contributed by atoms with van der Waals surface area (Å²) in [4.78, 5) is 0. The predicted molar refractivity (Wildman–Crippen MR) is 64.3 cm³/mol. The van der Waals surface area contributed by atoms with Gasteiger partial charge in [-0.15, -0.1) is 0 Å². The van der Waals surface area contributed by atoms with E-state index < -0.39 is 0 Å². The Morgan fingerprint density at radius 3 is 2.07 bits per heavy atom. The van der Waals surface area contributed by atoms with Crippen molar-refractivity contribution in [2.24, 2.45) is 29.6 Å². The lowest BCUT2D eigenvalue weighted by molar-refractivity contribution is 0.293. The van der Waals surface area contributed by atoms with Gasteiger partial charge in [-0.25, -0.2) is 0 Å². The van der Waals surface area contributed by atoms with Gasteiger partial charge in [-0.2, -0.15) is 0 Å². The maximum atomic E-state index is 2.46. The van der Waals surface area contributed by atoms with Gasteiger partial charge in [0.25, 0.3) is 0 Å². The second-order valence-electron chi connectivity index (χ2n) is 5.98. The van der Waals surface area contributed by atoms with Gasteiger partial charge in [0, 0.05) is 0 Å². The molecular formula is C14H28. The second kappa shape index (κ2) is 5.19. The van der Waals surface area contributed by atoms with Gasteiger partial charge >= 0.3 is 0 Å². The fraction of sp³-hybridized carbons (Fsp3) is 1.00. The summed E-state index contributed by atoms with van der Waals surface area (Å²) in [7, 11) is 0. The molecule has 0 nitrogen and oxygen atoms in total. The van der Waals surface area contributed by atoms with Crippen molar-refractivity contribution >= 4 is 0 Å². The molecule has 0 amide bonds. The van der Waals surface area contributed by atoms with Crippen LogP contribution in [0.25, 0.3) is 0 Å². The quantitative estimate of drug-likeness (QED) is 0.575. The Bertz CT molecular complexity index is 159. The van der Waals surface area contributed by atoms with Gasteiger partial charge in [0.1, 0.15) is 0 Å². The van der Waals surface area contributed by atoms with Crippen LogP contribution in [0.15, 0.2) is 0 Å². The molecule has 0 heterocycles. The van der Waals surface area contributed by atoms with Crippen molar-refractivity contribution in [3.63, 3.8) is 0 Å². The molecule has 0 heteroatoms. The lowest BCUT2D eigenvalue weighted by Gasteiger charge is -2.21. The third kappa shape index (κ3) is 3.63. The fourth-order valence-corrected chi connectivity index (χ4v) is 2.78. The first-order valence-corrected chi connectivity index (χ1v) is 6.54. The average molecular weight is 196 g/mol. The molecule has 0 radical (unpaired) electrons. The van der Waals surface area contributed by atoms with Crippen molar-refractivity contribution in [1.82, 2.24) is 0 Å². The van der Waals surface area contributed by atoms with Gasteiger partial charge in [-0.1, -0.05) is 41.0 Å². The maximum absolute atomic E-state index is 2.46. The average Bonchev–Trinajstić information content (AvgIpc) is 2.82. The third-order valence-electron chi connectivity index (χ3n) is 4.08. The lowest BCUT2D eigenvalue weighted by Crippen LogP contribution is -2.11. The van der Waals surface area contributed by atoms with Gasteiger partial charge in [0.15, 0.2) is 0 Å². The van der Waals surface area contributed by atoms with E-state index in [2.05, 4.69) is 34.6 Å². The van der Waals surface area contributed by atoms with Crippen molar-refractivity contribution in [2.45, 2.75) is 60.3 Å². The minimum absolute atomic E-state index is 0.869. The van der Waals surface area contributed by atoms with Crippen LogP contribution in [-0.4, -0.2) is 0 Å². The minimum atomic E-state index is 0.869. The van der Waals surface area contributed by atoms with Crippen molar-refractivity contribution in [3.8, 4) is 0 Å². The summed E-state index contributed by atoms with van der Waals surface area (Å²) in [6.45, 7) is 11.9. The molecule has 14 heavy (non-hydrogen) atoms. The van der Waals surface area contributed by atoms with Crippen LogP contribution < -0.4 is 0 Å². The molecule has 0 N–H and O–H groups in total. The molecule has 1 saturated carbocycles. The number of hydrogen-bond acceptors (Lipinski definition) is 0. The lowest BCUT2D eigenvalue weighted by atomic mass is 9.84. The highest BCUT2D eigenvalue weighted by Crippen LogP contribution is 2.46. The molecule has 4 unspecified atom stereocenters. The molecule has 4 atom stereocenters. The molecule has 1 aliphatic rings. The first-order valence-electron chi connectivity index (χ1n) is 6.54. The van der Waals surface area contributed by atoms with Gasteiger partial charge in [-0.3, -0.25) is 0 Å². The van der Waals surface area contributed by atoms with Crippen LogP contribution in [0, 0.1) is 29.6 Å².